The number of carbonyl (C=O) groups excluding carboxylic acids is 1. The summed E-state index contributed by atoms with van der Waals surface area (Å²) in [6.07, 6.45) is 6.66. The predicted molar refractivity (Wildman–Crippen MR) is 97.2 cm³/mol. The lowest BCUT2D eigenvalue weighted by atomic mass is 9.77. The highest BCUT2D eigenvalue weighted by molar-refractivity contribution is 5.88. The van der Waals surface area contributed by atoms with Gasteiger partial charge in [-0.15, -0.1) is 12.4 Å². The van der Waals surface area contributed by atoms with Crippen LogP contribution in [0.5, 0.6) is 0 Å². The van der Waals surface area contributed by atoms with E-state index in [9.17, 15) is 4.79 Å². The molecule has 1 atom stereocenters. The maximum Gasteiger partial charge on any atom is 0.230 e. The van der Waals surface area contributed by atoms with Crippen molar-refractivity contribution in [2.75, 3.05) is 19.6 Å². The van der Waals surface area contributed by atoms with E-state index in [-0.39, 0.29) is 23.7 Å². The Bertz CT molecular complexity index is 520. The Balaban J connectivity index is 0.00000192. The monoisotopic (exact) mass is 336 g/mol. The zero-order valence-electron chi connectivity index (χ0n) is 14.1. The van der Waals surface area contributed by atoms with Crippen LogP contribution in [0, 0.1) is 12.8 Å². The zero-order valence-corrected chi connectivity index (χ0v) is 14.9. The highest BCUT2D eigenvalue weighted by Gasteiger charge is 2.42. The van der Waals surface area contributed by atoms with Gasteiger partial charge in [0.2, 0.25) is 5.91 Å². The van der Waals surface area contributed by atoms with Crippen molar-refractivity contribution >= 4 is 18.3 Å². The summed E-state index contributed by atoms with van der Waals surface area (Å²) in [5.41, 5.74) is 2.18. The molecule has 4 heteroatoms. The van der Waals surface area contributed by atoms with Gasteiger partial charge in [0.15, 0.2) is 0 Å². The van der Waals surface area contributed by atoms with E-state index in [1.54, 1.807) is 0 Å². The van der Waals surface area contributed by atoms with Crippen LogP contribution in [0.1, 0.15) is 49.7 Å². The minimum Gasteiger partial charge on any atom is -0.355 e. The number of carbonyl (C=O) groups is 1. The normalized spacial score (nSPS) is 22.6. The molecule has 1 saturated carbocycles. The van der Waals surface area contributed by atoms with Crippen molar-refractivity contribution in [3.05, 3.63) is 35.4 Å². The molecule has 1 aliphatic heterocycles. The number of aryl methyl sites for hydroxylation is 1. The van der Waals surface area contributed by atoms with Crippen molar-refractivity contribution in [1.29, 1.82) is 0 Å². The highest BCUT2D eigenvalue weighted by Crippen LogP contribution is 2.41. The van der Waals surface area contributed by atoms with Crippen LogP contribution in [0.15, 0.2) is 24.3 Å². The Morgan fingerprint density at radius 2 is 2.13 bits per heavy atom. The van der Waals surface area contributed by atoms with Crippen molar-refractivity contribution < 1.29 is 4.79 Å². The lowest BCUT2D eigenvalue weighted by molar-refractivity contribution is -0.126. The summed E-state index contributed by atoms with van der Waals surface area (Å²) in [6.45, 7) is 5.17. The maximum atomic E-state index is 12.9. The minimum atomic E-state index is -0.278. The molecule has 1 heterocycles. The van der Waals surface area contributed by atoms with E-state index < -0.39 is 0 Å². The number of rotatable bonds is 5. The summed E-state index contributed by atoms with van der Waals surface area (Å²) in [5, 5.41) is 6.64. The van der Waals surface area contributed by atoms with Crippen LogP contribution in [-0.4, -0.2) is 25.5 Å². The molecule has 2 aliphatic rings. The third-order valence-corrected chi connectivity index (χ3v) is 5.46. The first-order valence-corrected chi connectivity index (χ1v) is 8.77. The molecule has 3 nitrogen and oxygen atoms in total. The van der Waals surface area contributed by atoms with Gasteiger partial charge >= 0.3 is 0 Å². The molecule has 1 aliphatic carbocycles. The van der Waals surface area contributed by atoms with Gasteiger partial charge in [-0.2, -0.15) is 0 Å². The van der Waals surface area contributed by atoms with E-state index >= 15 is 0 Å². The topological polar surface area (TPSA) is 41.1 Å². The number of benzene rings is 1. The minimum absolute atomic E-state index is 0. The molecule has 1 aromatic carbocycles. The van der Waals surface area contributed by atoms with Crippen LogP contribution in [0.4, 0.5) is 0 Å². The zero-order chi connectivity index (χ0) is 15.4. The lowest BCUT2D eigenvalue weighted by Gasteiger charge is -2.29. The average Bonchev–Trinajstić information content (AvgIpc) is 3.19. The Kier molecular flexibility index (Phi) is 6.49. The summed E-state index contributed by atoms with van der Waals surface area (Å²) in [4.78, 5) is 12.9. The second kappa shape index (κ2) is 8.16. The first-order chi connectivity index (χ1) is 10.7. The Labute approximate surface area is 146 Å². The molecule has 1 amide bonds. The second-order valence-corrected chi connectivity index (χ2v) is 7.06. The van der Waals surface area contributed by atoms with Crippen LogP contribution < -0.4 is 10.6 Å². The third kappa shape index (κ3) is 4.07. The molecule has 1 unspecified atom stereocenters. The smallest absolute Gasteiger partial charge is 0.230 e. The Morgan fingerprint density at radius 3 is 2.78 bits per heavy atom. The van der Waals surface area contributed by atoms with E-state index in [1.807, 2.05) is 0 Å². The van der Waals surface area contributed by atoms with Crippen LogP contribution in [0.3, 0.4) is 0 Å². The van der Waals surface area contributed by atoms with E-state index in [0.717, 1.165) is 57.7 Å². The van der Waals surface area contributed by atoms with Crippen LogP contribution in [-0.2, 0) is 10.2 Å². The number of halogens is 1. The van der Waals surface area contributed by atoms with Gasteiger partial charge in [-0.05, 0) is 57.2 Å². The predicted octanol–water partition coefficient (Wildman–Crippen LogP) is 3.34. The molecule has 0 spiro atoms. The third-order valence-electron chi connectivity index (χ3n) is 5.46. The van der Waals surface area contributed by atoms with Gasteiger partial charge in [0.1, 0.15) is 0 Å². The molecule has 2 N–H and O–H groups in total. The Morgan fingerprint density at radius 1 is 1.35 bits per heavy atom. The molecule has 2 fully saturated rings. The SMILES string of the molecule is Cc1cccc(C2(C(=O)NCCC3CCNC3)CCCC2)c1.Cl. The lowest BCUT2D eigenvalue weighted by Crippen LogP contribution is -2.43. The van der Waals surface area contributed by atoms with E-state index in [2.05, 4.69) is 41.8 Å². The highest BCUT2D eigenvalue weighted by atomic mass is 35.5. The number of hydrogen-bond acceptors (Lipinski definition) is 2. The first kappa shape index (κ1) is 18.3. The van der Waals surface area contributed by atoms with Crippen molar-refractivity contribution in [3.8, 4) is 0 Å². The van der Waals surface area contributed by atoms with Gasteiger partial charge in [-0.1, -0.05) is 42.7 Å². The van der Waals surface area contributed by atoms with Crippen molar-refractivity contribution in [3.63, 3.8) is 0 Å². The van der Waals surface area contributed by atoms with Crippen LogP contribution in [0.25, 0.3) is 0 Å². The van der Waals surface area contributed by atoms with E-state index in [0.29, 0.717) is 0 Å². The fraction of sp³-hybridized carbons (Fsp3) is 0.632. The van der Waals surface area contributed by atoms with Crippen molar-refractivity contribution in [2.45, 2.75) is 50.9 Å². The maximum absolute atomic E-state index is 12.9. The summed E-state index contributed by atoms with van der Waals surface area (Å²) in [6, 6.07) is 8.53. The molecular weight excluding hydrogens is 308 g/mol. The van der Waals surface area contributed by atoms with Gasteiger partial charge < -0.3 is 10.6 Å². The summed E-state index contributed by atoms with van der Waals surface area (Å²) in [7, 11) is 0. The molecule has 1 aromatic rings. The first-order valence-electron chi connectivity index (χ1n) is 8.77. The number of hydrogen-bond donors (Lipinski definition) is 2. The van der Waals surface area contributed by atoms with Crippen molar-refractivity contribution in [2.24, 2.45) is 5.92 Å². The molecule has 0 aromatic heterocycles. The van der Waals surface area contributed by atoms with Gasteiger partial charge in [0, 0.05) is 6.54 Å². The summed E-state index contributed by atoms with van der Waals surface area (Å²) >= 11 is 0. The largest absolute Gasteiger partial charge is 0.355 e. The summed E-state index contributed by atoms with van der Waals surface area (Å²) < 4.78 is 0. The van der Waals surface area contributed by atoms with Gasteiger partial charge in [-0.3, -0.25) is 4.79 Å². The standard InChI is InChI=1S/C19H28N2O.ClH/c1-15-5-4-6-17(13-15)19(9-2-3-10-19)18(22)21-12-8-16-7-11-20-14-16;/h4-6,13,16,20H,2-3,7-12,14H2,1H3,(H,21,22);1H. The van der Waals surface area contributed by atoms with Gasteiger partial charge in [0.25, 0.3) is 0 Å². The van der Waals surface area contributed by atoms with E-state index in [1.165, 1.54) is 17.5 Å². The quantitative estimate of drug-likeness (QED) is 0.865. The van der Waals surface area contributed by atoms with Crippen molar-refractivity contribution in [1.82, 2.24) is 10.6 Å². The molecule has 3 rings (SSSR count). The average molecular weight is 337 g/mol. The van der Waals surface area contributed by atoms with Gasteiger partial charge in [-0.25, -0.2) is 0 Å². The van der Waals surface area contributed by atoms with Gasteiger partial charge in [0.05, 0.1) is 5.41 Å². The fourth-order valence-corrected chi connectivity index (χ4v) is 4.09. The molecule has 0 bridgehead atoms. The molecule has 0 radical (unpaired) electrons. The number of amides is 1. The van der Waals surface area contributed by atoms with Crippen LogP contribution in [0.2, 0.25) is 0 Å². The second-order valence-electron chi connectivity index (χ2n) is 7.06. The van der Waals surface area contributed by atoms with E-state index in [4.69, 9.17) is 0 Å². The van der Waals surface area contributed by atoms with Crippen LogP contribution >= 0.6 is 12.4 Å². The number of nitrogens with one attached hydrogen (secondary N) is 2. The molecular formula is C19H29ClN2O. The summed E-state index contributed by atoms with van der Waals surface area (Å²) in [5.74, 6) is 0.986. The Hall–Kier alpha value is -1.06. The molecule has 128 valence electrons. The molecule has 1 saturated heterocycles. The fourth-order valence-electron chi connectivity index (χ4n) is 4.09. The molecule has 23 heavy (non-hydrogen) atoms.